The van der Waals surface area contributed by atoms with E-state index in [1.54, 1.807) is 11.0 Å². The van der Waals surface area contributed by atoms with Crippen molar-refractivity contribution < 1.29 is 19.0 Å². The largest absolute Gasteiger partial charge is 0.508 e. The first-order chi connectivity index (χ1) is 9.76. The van der Waals surface area contributed by atoms with Gasteiger partial charge in [-0.2, -0.15) is 0 Å². The predicted molar refractivity (Wildman–Crippen MR) is 77.8 cm³/mol. The Morgan fingerprint density at radius 2 is 1.95 bits per heavy atom. The van der Waals surface area contributed by atoms with Gasteiger partial charge in [0.05, 0.1) is 0 Å². The predicted octanol–water partition coefficient (Wildman–Crippen LogP) is 3.65. The summed E-state index contributed by atoms with van der Waals surface area (Å²) in [5, 5.41) is 9.25. The summed E-state index contributed by atoms with van der Waals surface area (Å²) in [5.74, 6) is -0.377. The van der Waals surface area contributed by atoms with Crippen LogP contribution in [0.1, 0.15) is 45.1 Å². The number of aromatic hydroxyl groups is 1. The molecule has 1 heterocycles. The quantitative estimate of drug-likeness (QED) is 0.860. The number of rotatable bonds is 1. The van der Waals surface area contributed by atoms with Crippen molar-refractivity contribution in [3.05, 3.63) is 29.6 Å². The standard InChI is InChI=1S/C16H22FNO3/c1-16(2,3)21-15(20)18-8-6-11(7-9-18)13-5-4-12(19)10-14(13)17/h4-5,10-11,19H,6-9H2,1-3H3. The van der Waals surface area contributed by atoms with Gasteiger partial charge in [0.25, 0.3) is 0 Å². The summed E-state index contributed by atoms with van der Waals surface area (Å²) >= 11 is 0. The van der Waals surface area contributed by atoms with Crippen molar-refractivity contribution in [1.82, 2.24) is 4.90 Å². The van der Waals surface area contributed by atoms with E-state index in [0.29, 0.717) is 31.5 Å². The number of likely N-dealkylation sites (tertiary alicyclic amines) is 1. The number of benzene rings is 1. The first-order valence-electron chi connectivity index (χ1n) is 7.22. The van der Waals surface area contributed by atoms with Gasteiger partial charge in [-0.15, -0.1) is 0 Å². The normalized spacial score (nSPS) is 16.9. The van der Waals surface area contributed by atoms with Crippen LogP contribution in [0.4, 0.5) is 9.18 Å². The minimum Gasteiger partial charge on any atom is -0.508 e. The lowest BCUT2D eigenvalue weighted by molar-refractivity contribution is 0.0204. The van der Waals surface area contributed by atoms with Crippen LogP contribution in [-0.2, 0) is 4.74 Å². The lowest BCUT2D eigenvalue weighted by Crippen LogP contribution is -2.41. The molecular formula is C16H22FNO3. The van der Waals surface area contributed by atoms with Gasteiger partial charge >= 0.3 is 6.09 Å². The Labute approximate surface area is 124 Å². The Morgan fingerprint density at radius 3 is 2.48 bits per heavy atom. The second-order valence-corrected chi connectivity index (χ2v) is 6.45. The molecule has 1 amide bonds. The van der Waals surface area contributed by atoms with Crippen molar-refractivity contribution in [1.29, 1.82) is 0 Å². The van der Waals surface area contributed by atoms with Crippen LogP contribution in [0.15, 0.2) is 18.2 Å². The highest BCUT2D eigenvalue weighted by Gasteiger charge is 2.28. The maximum absolute atomic E-state index is 13.8. The van der Waals surface area contributed by atoms with Crippen LogP contribution in [0.3, 0.4) is 0 Å². The van der Waals surface area contributed by atoms with Gasteiger partial charge in [0.2, 0.25) is 0 Å². The summed E-state index contributed by atoms with van der Waals surface area (Å²) in [4.78, 5) is 13.6. The number of carbonyl (C=O) groups is 1. The zero-order valence-electron chi connectivity index (χ0n) is 12.7. The summed E-state index contributed by atoms with van der Waals surface area (Å²) < 4.78 is 19.2. The van der Waals surface area contributed by atoms with E-state index >= 15 is 0 Å². The van der Waals surface area contributed by atoms with E-state index in [1.165, 1.54) is 6.07 Å². The molecule has 1 N–H and O–H groups in total. The number of ether oxygens (including phenoxy) is 1. The third kappa shape index (κ3) is 4.09. The molecule has 1 aromatic rings. The first kappa shape index (κ1) is 15.6. The van der Waals surface area contributed by atoms with Gasteiger partial charge < -0.3 is 14.7 Å². The molecule has 0 unspecified atom stereocenters. The maximum atomic E-state index is 13.8. The van der Waals surface area contributed by atoms with E-state index in [-0.39, 0.29) is 23.6 Å². The fourth-order valence-electron chi connectivity index (χ4n) is 2.55. The van der Waals surface area contributed by atoms with Gasteiger partial charge in [-0.3, -0.25) is 0 Å². The van der Waals surface area contributed by atoms with Gasteiger partial charge in [0.1, 0.15) is 17.2 Å². The van der Waals surface area contributed by atoms with E-state index in [4.69, 9.17) is 4.74 Å². The number of phenols is 1. The number of halogens is 1. The Hall–Kier alpha value is -1.78. The van der Waals surface area contributed by atoms with Crippen molar-refractivity contribution in [3.8, 4) is 5.75 Å². The monoisotopic (exact) mass is 295 g/mol. The van der Waals surface area contributed by atoms with Crippen LogP contribution in [0.5, 0.6) is 5.75 Å². The number of carbonyl (C=O) groups excluding carboxylic acids is 1. The van der Waals surface area contributed by atoms with Crippen molar-refractivity contribution in [3.63, 3.8) is 0 Å². The molecule has 2 rings (SSSR count). The van der Waals surface area contributed by atoms with Crippen molar-refractivity contribution >= 4 is 6.09 Å². The summed E-state index contributed by atoms with van der Waals surface area (Å²) in [6, 6.07) is 4.26. The van der Waals surface area contributed by atoms with Crippen LogP contribution in [0, 0.1) is 5.82 Å². The number of amides is 1. The van der Waals surface area contributed by atoms with Gasteiger partial charge in [-0.25, -0.2) is 9.18 Å². The van der Waals surface area contributed by atoms with Crippen molar-refractivity contribution in [2.24, 2.45) is 0 Å². The minimum absolute atomic E-state index is 0.0672. The molecule has 0 aliphatic carbocycles. The van der Waals surface area contributed by atoms with Crippen LogP contribution in [-0.4, -0.2) is 34.8 Å². The van der Waals surface area contributed by atoms with Gasteiger partial charge in [-0.1, -0.05) is 6.07 Å². The lowest BCUT2D eigenvalue weighted by Gasteiger charge is -2.33. The van der Waals surface area contributed by atoms with E-state index in [9.17, 15) is 14.3 Å². The van der Waals surface area contributed by atoms with Crippen LogP contribution in [0.2, 0.25) is 0 Å². The number of hydrogen-bond donors (Lipinski definition) is 1. The molecule has 1 aliphatic heterocycles. The minimum atomic E-state index is -0.503. The Morgan fingerprint density at radius 1 is 1.33 bits per heavy atom. The third-order valence-electron chi connectivity index (χ3n) is 3.57. The van der Waals surface area contributed by atoms with Gasteiger partial charge in [0, 0.05) is 19.2 Å². The van der Waals surface area contributed by atoms with E-state index in [1.807, 2.05) is 20.8 Å². The molecule has 0 radical (unpaired) electrons. The third-order valence-corrected chi connectivity index (χ3v) is 3.57. The Bertz CT molecular complexity index is 517. The zero-order chi connectivity index (χ0) is 15.6. The maximum Gasteiger partial charge on any atom is 0.410 e. The highest BCUT2D eigenvalue weighted by Crippen LogP contribution is 2.31. The number of phenolic OH excluding ortho intramolecular Hbond substituents is 1. The lowest BCUT2D eigenvalue weighted by atomic mass is 9.89. The molecule has 1 saturated heterocycles. The zero-order valence-corrected chi connectivity index (χ0v) is 12.7. The fourth-order valence-corrected chi connectivity index (χ4v) is 2.55. The van der Waals surface area contributed by atoms with Crippen LogP contribution in [0.25, 0.3) is 0 Å². The van der Waals surface area contributed by atoms with Crippen LogP contribution >= 0.6 is 0 Å². The molecule has 1 fully saturated rings. The highest BCUT2D eigenvalue weighted by atomic mass is 19.1. The molecule has 116 valence electrons. The summed E-state index contributed by atoms with van der Waals surface area (Å²) in [7, 11) is 0. The molecule has 0 bridgehead atoms. The topological polar surface area (TPSA) is 49.8 Å². The highest BCUT2D eigenvalue weighted by molar-refractivity contribution is 5.68. The molecule has 1 aliphatic rings. The molecular weight excluding hydrogens is 273 g/mol. The van der Waals surface area contributed by atoms with Crippen molar-refractivity contribution in [2.75, 3.05) is 13.1 Å². The number of piperidine rings is 1. The fraction of sp³-hybridized carbons (Fsp3) is 0.562. The summed E-state index contributed by atoms with van der Waals surface area (Å²) in [6.07, 6.45) is 1.08. The molecule has 0 saturated carbocycles. The molecule has 0 spiro atoms. The first-order valence-corrected chi connectivity index (χ1v) is 7.22. The average Bonchev–Trinajstić information content (AvgIpc) is 2.37. The summed E-state index contributed by atoms with van der Waals surface area (Å²) in [5.41, 5.74) is 0.105. The SMILES string of the molecule is CC(C)(C)OC(=O)N1CCC(c2ccc(O)cc2F)CC1. The van der Waals surface area contributed by atoms with Crippen molar-refractivity contribution in [2.45, 2.75) is 45.1 Å². The van der Waals surface area contributed by atoms with Gasteiger partial charge in [0.15, 0.2) is 0 Å². The molecule has 21 heavy (non-hydrogen) atoms. The van der Waals surface area contributed by atoms with E-state index in [0.717, 1.165) is 6.07 Å². The van der Waals surface area contributed by atoms with E-state index in [2.05, 4.69) is 0 Å². The summed E-state index contributed by atoms with van der Waals surface area (Å²) in [6.45, 7) is 6.62. The second kappa shape index (κ2) is 5.92. The smallest absolute Gasteiger partial charge is 0.410 e. The Kier molecular flexibility index (Phi) is 4.40. The molecule has 1 aromatic carbocycles. The van der Waals surface area contributed by atoms with Gasteiger partial charge in [-0.05, 0) is 51.2 Å². The molecule has 5 heteroatoms. The van der Waals surface area contributed by atoms with E-state index < -0.39 is 5.60 Å². The number of hydrogen-bond acceptors (Lipinski definition) is 3. The molecule has 0 atom stereocenters. The Balaban J connectivity index is 1.95. The van der Waals surface area contributed by atoms with Crippen LogP contribution < -0.4 is 0 Å². The average molecular weight is 295 g/mol. The molecule has 4 nitrogen and oxygen atoms in total. The second-order valence-electron chi connectivity index (χ2n) is 6.45. The number of nitrogens with zero attached hydrogens (tertiary/aromatic N) is 1. The molecule has 0 aromatic heterocycles.